The van der Waals surface area contributed by atoms with Gasteiger partial charge in [0.1, 0.15) is 18.0 Å². The lowest BCUT2D eigenvalue weighted by molar-refractivity contribution is -0.120. The van der Waals surface area contributed by atoms with Crippen LogP contribution in [-0.2, 0) is 14.8 Å². The summed E-state index contributed by atoms with van der Waals surface area (Å²) >= 11 is 0. The highest BCUT2D eigenvalue weighted by molar-refractivity contribution is 7.92. The Kier molecular flexibility index (Phi) is 7.13. The molecule has 0 saturated carbocycles. The van der Waals surface area contributed by atoms with E-state index in [0.717, 1.165) is 27.3 Å². The Morgan fingerprint density at radius 2 is 1.69 bits per heavy atom. The van der Waals surface area contributed by atoms with Crippen molar-refractivity contribution in [1.29, 1.82) is 0 Å². The largest absolute Gasteiger partial charge is 0.497 e. The van der Waals surface area contributed by atoms with E-state index in [2.05, 4.69) is 5.32 Å². The number of hydrogen-bond acceptors (Lipinski definition) is 5. The Hall–Kier alpha value is -2.74. The summed E-state index contributed by atoms with van der Waals surface area (Å²) in [5, 5.41) is 2.84. The van der Waals surface area contributed by atoms with E-state index in [9.17, 15) is 13.2 Å². The zero-order chi connectivity index (χ0) is 21.8. The molecule has 2 aromatic rings. The third kappa shape index (κ3) is 5.87. The monoisotopic (exact) mass is 420 g/mol. The summed E-state index contributed by atoms with van der Waals surface area (Å²) in [6.45, 7) is 5.25. The number of benzene rings is 2. The highest BCUT2D eigenvalue weighted by Gasteiger charge is 2.23. The normalized spacial score (nSPS) is 12.2. The van der Waals surface area contributed by atoms with Crippen LogP contribution in [0.2, 0.25) is 0 Å². The number of carbonyl (C=O) groups is 1. The Morgan fingerprint density at radius 1 is 1.07 bits per heavy atom. The Labute approximate surface area is 172 Å². The molecule has 158 valence electrons. The molecule has 0 spiro atoms. The second kappa shape index (κ2) is 9.17. The van der Waals surface area contributed by atoms with Crippen molar-refractivity contribution in [3.8, 4) is 11.5 Å². The van der Waals surface area contributed by atoms with Crippen molar-refractivity contribution < 1.29 is 22.7 Å². The van der Waals surface area contributed by atoms with Crippen LogP contribution in [0.3, 0.4) is 0 Å². The van der Waals surface area contributed by atoms with Crippen molar-refractivity contribution in [2.75, 3.05) is 31.3 Å². The lowest BCUT2D eigenvalue weighted by Crippen LogP contribution is -2.41. The summed E-state index contributed by atoms with van der Waals surface area (Å²) in [7, 11) is -0.538. The van der Waals surface area contributed by atoms with E-state index < -0.39 is 22.0 Å². The van der Waals surface area contributed by atoms with Crippen molar-refractivity contribution >= 4 is 21.6 Å². The highest BCUT2D eigenvalue weighted by atomic mass is 32.2. The molecule has 0 aromatic heterocycles. The number of sulfonamides is 1. The lowest BCUT2D eigenvalue weighted by Gasteiger charge is -2.24. The standard InChI is InChI=1S/C21H28N2O5S/c1-14-9-15(2)11-17(10-14)23(29(6,25)26)13-21(24)22-16(3)19-12-18(27-4)7-8-20(19)28-5/h7-12,16H,13H2,1-6H3,(H,22,24)/t16-/m0/s1. The molecule has 0 bridgehead atoms. The van der Waals surface area contributed by atoms with Crippen molar-refractivity contribution in [1.82, 2.24) is 5.32 Å². The number of hydrogen-bond donors (Lipinski definition) is 1. The summed E-state index contributed by atoms with van der Waals surface area (Å²) < 4.78 is 36.4. The van der Waals surface area contributed by atoms with Crippen molar-refractivity contribution in [3.05, 3.63) is 53.1 Å². The highest BCUT2D eigenvalue weighted by Crippen LogP contribution is 2.29. The fourth-order valence-electron chi connectivity index (χ4n) is 3.17. The second-order valence-electron chi connectivity index (χ2n) is 7.01. The minimum absolute atomic E-state index is 0.321. The van der Waals surface area contributed by atoms with Gasteiger partial charge in [-0.05, 0) is 62.2 Å². The fourth-order valence-corrected chi connectivity index (χ4v) is 4.01. The molecule has 2 rings (SSSR count). The molecule has 29 heavy (non-hydrogen) atoms. The summed E-state index contributed by atoms with van der Waals surface area (Å²) in [6.07, 6.45) is 1.09. The molecule has 0 saturated heterocycles. The van der Waals surface area contributed by atoms with E-state index >= 15 is 0 Å². The molecule has 1 atom stereocenters. The predicted molar refractivity (Wildman–Crippen MR) is 114 cm³/mol. The Bertz CT molecular complexity index is 968. The van der Waals surface area contributed by atoms with Gasteiger partial charge in [-0.25, -0.2) is 8.42 Å². The number of ether oxygens (including phenoxy) is 2. The summed E-state index contributed by atoms with van der Waals surface area (Å²) in [4.78, 5) is 12.7. The first-order valence-electron chi connectivity index (χ1n) is 9.12. The molecular formula is C21H28N2O5S. The Morgan fingerprint density at radius 3 is 2.21 bits per heavy atom. The van der Waals surface area contributed by atoms with Gasteiger partial charge in [0.05, 0.1) is 32.2 Å². The number of carbonyl (C=O) groups excluding carboxylic acids is 1. The van der Waals surface area contributed by atoms with Gasteiger partial charge < -0.3 is 14.8 Å². The number of methoxy groups -OCH3 is 2. The number of aryl methyl sites for hydroxylation is 2. The maximum atomic E-state index is 12.7. The van der Waals surface area contributed by atoms with E-state index in [-0.39, 0.29) is 6.54 Å². The second-order valence-corrected chi connectivity index (χ2v) is 8.92. The molecule has 0 aliphatic heterocycles. The van der Waals surface area contributed by atoms with Gasteiger partial charge in [0.2, 0.25) is 15.9 Å². The van der Waals surface area contributed by atoms with Crippen LogP contribution in [0.25, 0.3) is 0 Å². The molecule has 7 nitrogen and oxygen atoms in total. The first kappa shape index (κ1) is 22.5. The molecule has 2 aromatic carbocycles. The van der Waals surface area contributed by atoms with Crippen LogP contribution in [0, 0.1) is 13.8 Å². The average Bonchev–Trinajstić information content (AvgIpc) is 2.63. The topological polar surface area (TPSA) is 84.9 Å². The third-order valence-electron chi connectivity index (χ3n) is 4.46. The molecule has 0 heterocycles. The van der Waals surface area contributed by atoms with Crippen molar-refractivity contribution in [2.45, 2.75) is 26.8 Å². The molecule has 0 radical (unpaired) electrons. The number of rotatable bonds is 8. The van der Waals surface area contributed by atoms with Gasteiger partial charge in [0.25, 0.3) is 0 Å². The zero-order valence-corrected chi connectivity index (χ0v) is 18.5. The third-order valence-corrected chi connectivity index (χ3v) is 5.60. The predicted octanol–water partition coefficient (Wildman–Crippen LogP) is 2.96. The number of nitrogens with zero attached hydrogens (tertiary/aromatic N) is 1. The molecule has 0 fully saturated rings. The van der Waals surface area contributed by atoms with E-state index in [1.165, 1.54) is 0 Å². The molecule has 0 aliphatic carbocycles. The maximum Gasteiger partial charge on any atom is 0.241 e. The summed E-state index contributed by atoms with van der Waals surface area (Å²) in [5.41, 5.74) is 3.04. The van der Waals surface area contributed by atoms with Gasteiger partial charge in [-0.15, -0.1) is 0 Å². The van der Waals surface area contributed by atoms with Gasteiger partial charge >= 0.3 is 0 Å². The minimum atomic E-state index is -3.64. The number of nitrogens with one attached hydrogen (secondary N) is 1. The van der Waals surface area contributed by atoms with Crippen LogP contribution in [0.15, 0.2) is 36.4 Å². The first-order valence-corrected chi connectivity index (χ1v) is 11.0. The van der Waals surface area contributed by atoms with E-state index in [4.69, 9.17) is 9.47 Å². The SMILES string of the molecule is COc1ccc(OC)c([C@H](C)NC(=O)CN(c2cc(C)cc(C)c2)S(C)(=O)=O)c1. The van der Waals surface area contributed by atoms with Crippen LogP contribution in [0.5, 0.6) is 11.5 Å². The summed E-state index contributed by atoms with van der Waals surface area (Å²) in [6, 6.07) is 10.3. The van der Waals surface area contributed by atoms with E-state index in [1.54, 1.807) is 51.5 Å². The van der Waals surface area contributed by atoms with Gasteiger partial charge in [-0.1, -0.05) is 6.07 Å². The van der Waals surface area contributed by atoms with Crippen molar-refractivity contribution in [3.63, 3.8) is 0 Å². The smallest absolute Gasteiger partial charge is 0.241 e. The maximum absolute atomic E-state index is 12.7. The molecular weight excluding hydrogens is 392 g/mol. The van der Waals surface area contributed by atoms with E-state index in [0.29, 0.717) is 17.2 Å². The van der Waals surface area contributed by atoms with Crippen molar-refractivity contribution in [2.24, 2.45) is 0 Å². The van der Waals surface area contributed by atoms with Gasteiger partial charge in [0.15, 0.2) is 0 Å². The van der Waals surface area contributed by atoms with E-state index in [1.807, 2.05) is 19.9 Å². The molecule has 0 aliphatic rings. The van der Waals surface area contributed by atoms with Crippen LogP contribution in [0.1, 0.15) is 29.7 Å². The van der Waals surface area contributed by atoms with Crippen LogP contribution in [0.4, 0.5) is 5.69 Å². The number of amides is 1. The summed E-state index contributed by atoms with van der Waals surface area (Å²) in [5.74, 6) is 0.815. The first-order chi connectivity index (χ1) is 13.5. The van der Waals surface area contributed by atoms with Crippen LogP contribution < -0.4 is 19.1 Å². The lowest BCUT2D eigenvalue weighted by atomic mass is 10.1. The van der Waals surface area contributed by atoms with Crippen LogP contribution in [-0.4, -0.2) is 41.3 Å². The zero-order valence-electron chi connectivity index (χ0n) is 17.6. The van der Waals surface area contributed by atoms with Gasteiger partial charge in [0, 0.05) is 5.56 Å². The average molecular weight is 421 g/mol. The molecule has 1 N–H and O–H groups in total. The van der Waals surface area contributed by atoms with Gasteiger partial charge in [-0.3, -0.25) is 9.10 Å². The fraction of sp³-hybridized carbons (Fsp3) is 0.381. The minimum Gasteiger partial charge on any atom is -0.497 e. The van der Waals surface area contributed by atoms with Crippen LogP contribution >= 0.6 is 0 Å². The van der Waals surface area contributed by atoms with Gasteiger partial charge in [-0.2, -0.15) is 0 Å². The quantitative estimate of drug-likeness (QED) is 0.710. The molecule has 8 heteroatoms. The number of anilines is 1. The molecule has 1 amide bonds. The molecule has 0 unspecified atom stereocenters. The Balaban J connectivity index is 2.25.